The van der Waals surface area contributed by atoms with Crippen LogP contribution in [0.5, 0.6) is 11.5 Å². The Morgan fingerprint density at radius 1 is 1.39 bits per heavy atom. The van der Waals surface area contributed by atoms with E-state index < -0.39 is 5.91 Å². The Balaban J connectivity index is 2.73. The Kier molecular flexibility index (Phi) is 5.45. The lowest BCUT2D eigenvalue weighted by Crippen LogP contribution is -2.22. The fraction of sp³-hybridized carbons (Fsp3) is 0.462. The van der Waals surface area contributed by atoms with Crippen LogP contribution in [0.4, 0.5) is 0 Å². The van der Waals surface area contributed by atoms with Crippen LogP contribution in [-0.4, -0.2) is 25.7 Å². The summed E-state index contributed by atoms with van der Waals surface area (Å²) < 4.78 is 10.5. The number of ether oxygens (including phenoxy) is 2. The van der Waals surface area contributed by atoms with Crippen LogP contribution in [0.2, 0.25) is 0 Å². The second-order valence-corrected chi connectivity index (χ2v) is 4.28. The minimum atomic E-state index is -0.511. The molecule has 0 heterocycles. The van der Waals surface area contributed by atoms with Gasteiger partial charge in [0.15, 0.2) is 18.1 Å². The average molecular weight is 252 g/mol. The summed E-state index contributed by atoms with van der Waals surface area (Å²) in [5, 5.41) is 3.31. The predicted octanol–water partition coefficient (Wildman–Crippen LogP) is 1.06. The average Bonchev–Trinajstić information content (AvgIpc) is 2.34. The quantitative estimate of drug-likeness (QED) is 0.761. The zero-order valence-electron chi connectivity index (χ0n) is 11.0. The zero-order chi connectivity index (χ0) is 13.5. The molecule has 1 aromatic rings. The predicted molar refractivity (Wildman–Crippen MR) is 69.7 cm³/mol. The Morgan fingerprint density at radius 2 is 2.11 bits per heavy atom. The van der Waals surface area contributed by atoms with Crippen molar-refractivity contribution in [2.45, 2.75) is 26.4 Å². The second-order valence-electron chi connectivity index (χ2n) is 4.28. The highest BCUT2D eigenvalue weighted by atomic mass is 16.5. The minimum Gasteiger partial charge on any atom is -0.493 e. The second kappa shape index (κ2) is 6.86. The molecule has 0 unspecified atom stereocenters. The minimum absolute atomic E-state index is 0.153. The van der Waals surface area contributed by atoms with E-state index >= 15 is 0 Å². The third-order valence-electron chi connectivity index (χ3n) is 2.31. The number of primary amides is 1. The number of benzene rings is 1. The van der Waals surface area contributed by atoms with E-state index in [-0.39, 0.29) is 6.61 Å². The maximum Gasteiger partial charge on any atom is 0.255 e. The van der Waals surface area contributed by atoms with E-state index in [2.05, 4.69) is 19.2 Å². The van der Waals surface area contributed by atoms with Crippen LogP contribution >= 0.6 is 0 Å². The van der Waals surface area contributed by atoms with E-state index in [1.165, 1.54) is 0 Å². The molecule has 0 spiro atoms. The Morgan fingerprint density at radius 3 is 2.67 bits per heavy atom. The molecule has 18 heavy (non-hydrogen) atoms. The van der Waals surface area contributed by atoms with Gasteiger partial charge in [0.2, 0.25) is 0 Å². The maximum atomic E-state index is 10.7. The summed E-state index contributed by atoms with van der Waals surface area (Å²) in [6.07, 6.45) is 0. The summed E-state index contributed by atoms with van der Waals surface area (Å²) in [5.41, 5.74) is 6.12. The number of nitrogens with one attached hydrogen (secondary N) is 1. The first-order chi connectivity index (χ1) is 8.52. The standard InChI is InChI=1S/C13H20N2O3/c1-9(2)15-7-10-4-5-11(12(6-10)17-3)18-8-13(14)16/h4-6,9,15H,7-8H2,1-3H3,(H2,14,16). The molecule has 0 aliphatic rings. The first-order valence-electron chi connectivity index (χ1n) is 5.84. The van der Waals surface area contributed by atoms with Crippen LogP contribution in [0.15, 0.2) is 18.2 Å². The van der Waals surface area contributed by atoms with Crippen molar-refractivity contribution < 1.29 is 14.3 Å². The lowest BCUT2D eigenvalue weighted by Gasteiger charge is -2.12. The molecule has 0 aliphatic carbocycles. The van der Waals surface area contributed by atoms with Crippen LogP contribution in [0.1, 0.15) is 19.4 Å². The normalized spacial score (nSPS) is 10.4. The molecule has 1 rings (SSSR count). The Hall–Kier alpha value is -1.75. The summed E-state index contributed by atoms with van der Waals surface area (Å²) in [5.74, 6) is 0.603. The molecule has 0 aliphatic heterocycles. The SMILES string of the molecule is COc1cc(CNC(C)C)ccc1OCC(N)=O. The number of carbonyl (C=O) groups excluding carboxylic acids is 1. The van der Waals surface area contributed by atoms with Gasteiger partial charge in [0, 0.05) is 12.6 Å². The van der Waals surface area contributed by atoms with Gasteiger partial charge in [0.05, 0.1) is 7.11 Å². The van der Waals surface area contributed by atoms with E-state index in [0.29, 0.717) is 17.5 Å². The summed E-state index contributed by atoms with van der Waals surface area (Å²) in [6.45, 7) is 4.77. The van der Waals surface area contributed by atoms with Crippen molar-refractivity contribution in [2.75, 3.05) is 13.7 Å². The van der Waals surface area contributed by atoms with Gasteiger partial charge >= 0.3 is 0 Å². The van der Waals surface area contributed by atoms with Crippen molar-refractivity contribution in [3.05, 3.63) is 23.8 Å². The number of rotatable bonds is 7. The van der Waals surface area contributed by atoms with Gasteiger partial charge in [0.25, 0.3) is 5.91 Å². The van der Waals surface area contributed by atoms with E-state index in [1.807, 2.05) is 12.1 Å². The molecular formula is C13H20N2O3. The van der Waals surface area contributed by atoms with Crippen molar-refractivity contribution in [2.24, 2.45) is 5.73 Å². The van der Waals surface area contributed by atoms with Gasteiger partial charge in [-0.15, -0.1) is 0 Å². The largest absolute Gasteiger partial charge is 0.493 e. The van der Waals surface area contributed by atoms with Gasteiger partial charge in [-0.3, -0.25) is 4.79 Å². The van der Waals surface area contributed by atoms with E-state index in [1.54, 1.807) is 13.2 Å². The van der Waals surface area contributed by atoms with Gasteiger partial charge < -0.3 is 20.5 Å². The summed E-state index contributed by atoms with van der Waals surface area (Å²) >= 11 is 0. The molecule has 1 amide bonds. The van der Waals surface area contributed by atoms with Crippen molar-refractivity contribution >= 4 is 5.91 Å². The molecule has 0 saturated heterocycles. The number of hydrogen-bond acceptors (Lipinski definition) is 4. The zero-order valence-corrected chi connectivity index (χ0v) is 11.0. The van der Waals surface area contributed by atoms with Crippen LogP contribution in [0, 0.1) is 0 Å². The highest BCUT2D eigenvalue weighted by Crippen LogP contribution is 2.27. The molecule has 0 bridgehead atoms. The van der Waals surface area contributed by atoms with Crippen molar-refractivity contribution in [3.63, 3.8) is 0 Å². The molecule has 0 fully saturated rings. The van der Waals surface area contributed by atoms with E-state index in [0.717, 1.165) is 12.1 Å². The lowest BCUT2D eigenvalue weighted by atomic mass is 10.2. The highest BCUT2D eigenvalue weighted by molar-refractivity contribution is 5.75. The van der Waals surface area contributed by atoms with Gasteiger partial charge in [-0.2, -0.15) is 0 Å². The van der Waals surface area contributed by atoms with E-state index in [4.69, 9.17) is 15.2 Å². The summed E-state index contributed by atoms with van der Waals surface area (Å²) in [4.78, 5) is 10.7. The topological polar surface area (TPSA) is 73.6 Å². The number of nitrogens with two attached hydrogens (primary N) is 1. The lowest BCUT2D eigenvalue weighted by molar-refractivity contribution is -0.119. The summed E-state index contributed by atoms with van der Waals surface area (Å²) in [6, 6.07) is 6.00. The monoisotopic (exact) mass is 252 g/mol. The number of carbonyl (C=O) groups is 1. The number of hydrogen-bond donors (Lipinski definition) is 2. The fourth-order valence-corrected chi connectivity index (χ4v) is 1.41. The van der Waals surface area contributed by atoms with Gasteiger partial charge in [0.1, 0.15) is 0 Å². The Labute approximate surface area is 107 Å². The smallest absolute Gasteiger partial charge is 0.255 e. The molecule has 0 saturated carbocycles. The maximum absolute atomic E-state index is 10.7. The molecular weight excluding hydrogens is 232 g/mol. The van der Waals surface area contributed by atoms with Crippen LogP contribution < -0.4 is 20.5 Å². The van der Waals surface area contributed by atoms with Gasteiger partial charge in [-0.1, -0.05) is 19.9 Å². The molecule has 0 atom stereocenters. The highest BCUT2D eigenvalue weighted by Gasteiger charge is 2.07. The molecule has 5 heteroatoms. The van der Waals surface area contributed by atoms with Crippen molar-refractivity contribution in [3.8, 4) is 11.5 Å². The van der Waals surface area contributed by atoms with Crippen LogP contribution in [0.25, 0.3) is 0 Å². The van der Waals surface area contributed by atoms with Crippen LogP contribution in [-0.2, 0) is 11.3 Å². The number of amides is 1. The Bertz CT molecular complexity index is 405. The van der Waals surface area contributed by atoms with Gasteiger partial charge in [-0.25, -0.2) is 0 Å². The first kappa shape index (κ1) is 14.3. The number of methoxy groups -OCH3 is 1. The van der Waals surface area contributed by atoms with Crippen molar-refractivity contribution in [1.82, 2.24) is 5.32 Å². The van der Waals surface area contributed by atoms with Crippen molar-refractivity contribution in [1.29, 1.82) is 0 Å². The molecule has 1 aromatic carbocycles. The van der Waals surface area contributed by atoms with E-state index in [9.17, 15) is 4.79 Å². The van der Waals surface area contributed by atoms with Gasteiger partial charge in [-0.05, 0) is 17.7 Å². The third-order valence-corrected chi connectivity index (χ3v) is 2.31. The molecule has 0 aromatic heterocycles. The van der Waals surface area contributed by atoms with Crippen LogP contribution in [0.3, 0.4) is 0 Å². The molecule has 5 nitrogen and oxygen atoms in total. The first-order valence-corrected chi connectivity index (χ1v) is 5.84. The molecule has 100 valence electrons. The summed E-state index contributed by atoms with van der Waals surface area (Å²) in [7, 11) is 1.56. The third kappa shape index (κ3) is 4.63. The molecule has 0 radical (unpaired) electrons. The fourth-order valence-electron chi connectivity index (χ4n) is 1.41. The molecule has 3 N–H and O–H groups in total.